The summed E-state index contributed by atoms with van der Waals surface area (Å²) in [6, 6.07) is 8.85. The molecule has 2 aliphatic rings. The van der Waals surface area contributed by atoms with Crippen LogP contribution in [-0.2, 0) is 4.74 Å². The number of nitrogens with zero attached hydrogens (tertiary/aromatic N) is 3. The standard InChI is InChI=1S/C33H33FN4O6S2/c1-17-5-7-19(8-6-17)23-16-46-30(25(23)32(42)44-4)35-33(45)37-12-11-36(14-18(37)2)27-24(34)13-21-26(29(27)43-3)38(20-9-10-20)15-22(28(21)39)31(40)41/h5-8,13,15-16,18,20H,9-12,14H2,1-4H3,(H,35,45)(H,40,41)/t18-/m0/s1. The Labute approximate surface area is 273 Å². The highest BCUT2D eigenvalue weighted by Crippen LogP contribution is 2.44. The number of carboxylic acids is 1. The number of rotatable bonds is 7. The molecule has 1 aliphatic heterocycles. The van der Waals surface area contributed by atoms with Crippen molar-refractivity contribution in [2.45, 2.75) is 38.8 Å². The number of methoxy groups -OCH3 is 2. The number of benzene rings is 2. The molecule has 13 heteroatoms. The van der Waals surface area contributed by atoms with Crippen LogP contribution in [0, 0.1) is 12.7 Å². The predicted octanol–water partition coefficient (Wildman–Crippen LogP) is 5.91. The number of pyridine rings is 1. The summed E-state index contributed by atoms with van der Waals surface area (Å²) < 4.78 is 28.5. The molecule has 0 radical (unpaired) electrons. The molecule has 46 heavy (non-hydrogen) atoms. The third kappa shape index (κ3) is 5.58. The van der Waals surface area contributed by atoms with Gasteiger partial charge in [-0.3, -0.25) is 4.79 Å². The van der Waals surface area contributed by atoms with Gasteiger partial charge in [0.05, 0.1) is 25.1 Å². The second kappa shape index (κ2) is 12.4. The number of thiocarbonyl (C=S) groups is 1. The molecule has 1 atom stereocenters. The fourth-order valence-corrected chi connectivity index (χ4v) is 7.45. The highest BCUT2D eigenvalue weighted by atomic mass is 32.1. The van der Waals surface area contributed by atoms with Crippen molar-refractivity contribution < 1.29 is 28.6 Å². The molecule has 6 rings (SSSR count). The molecule has 2 fully saturated rings. The van der Waals surface area contributed by atoms with Crippen molar-refractivity contribution in [2.24, 2.45) is 0 Å². The summed E-state index contributed by atoms with van der Waals surface area (Å²) in [5.41, 5.74) is 2.61. The van der Waals surface area contributed by atoms with Gasteiger partial charge >= 0.3 is 11.9 Å². The maximum absolute atomic E-state index is 15.9. The molecule has 0 amide bonds. The van der Waals surface area contributed by atoms with Crippen molar-refractivity contribution in [1.29, 1.82) is 0 Å². The lowest BCUT2D eigenvalue weighted by molar-refractivity contribution is 0.0602. The molecule has 1 aliphatic carbocycles. The molecule has 0 bridgehead atoms. The molecule has 1 saturated carbocycles. The topological polar surface area (TPSA) is 113 Å². The Kier molecular flexibility index (Phi) is 8.47. The van der Waals surface area contributed by atoms with E-state index in [1.807, 2.05) is 53.3 Å². The summed E-state index contributed by atoms with van der Waals surface area (Å²) in [6.07, 6.45) is 2.99. The largest absolute Gasteiger partial charge is 0.492 e. The van der Waals surface area contributed by atoms with E-state index in [0.29, 0.717) is 40.8 Å². The van der Waals surface area contributed by atoms with Gasteiger partial charge in [-0.1, -0.05) is 29.8 Å². The quantitative estimate of drug-likeness (QED) is 0.183. The smallest absolute Gasteiger partial charge is 0.341 e. The van der Waals surface area contributed by atoms with E-state index in [1.165, 1.54) is 31.8 Å². The van der Waals surface area contributed by atoms with E-state index < -0.39 is 28.7 Å². The van der Waals surface area contributed by atoms with Crippen molar-refractivity contribution in [3.8, 4) is 16.9 Å². The maximum atomic E-state index is 15.9. The highest BCUT2D eigenvalue weighted by Gasteiger charge is 2.34. The monoisotopic (exact) mass is 664 g/mol. The minimum absolute atomic E-state index is 0.00582. The minimum atomic E-state index is -1.35. The zero-order chi connectivity index (χ0) is 32.9. The second-order valence-electron chi connectivity index (χ2n) is 11.6. The van der Waals surface area contributed by atoms with Crippen molar-refractivity contribution >= 4 is 62.2 Å². The molecule has 0 spiro atoms. The Bertz CT molecular complexity index is 1940. The first-order chi connectivity index (χ1) is 22.0. The lowest BCUT2D eigenvalue weighted by Crippen LogP contribution is -2.55. The number of anilines is 2. The number of hydrogen-bond donors (Lipinski definition) is 2. The number of nitrogens with one attached hydrogen (secondary N) is 1. The lowest BCUT2D eigenvalue weighted by atomic mass is 10.0. The first-order valence-electron chi connectivity index (χ1n) is 14.8. The Balaban J connectivity index is 1.28. The number of esters is 1. The number of aryl methyl sites for hydroxylation is 1. The van der Waals surface area contributed by atoms with Gasteiger partial charge < -0.3 is 34.3 Å². The van der Waals surface area contributed by atoms with Crippen molar-refractivity contribution in [1.82, 2.24) is 9.47 Å². The molecule has 240 valence electrons. The molecule has 3 heterocycles. The van der Waals surface area contributed by atoms with Crippen molar-refractivity contribution in [3.05, 3.63) is 74.6 Å². The summed E-state index contributed by atoms with van der Waals surface area (Å²) in [5.74, 6) is -2.30. The number of thiophene rings is 1. The number of aromatic carboxylic acids is 1. The molecule has 2 aromatic heterocycles. The number of carboxylic acid groups (broad SMARTS) is 1. The van der Waals surface area contributed by atoms with E-state index in [1.54, 1.807) is 4.57 Å². The van der Waals surface area contributed by atoms with Crippen LogP contribution < -0.4 is 20.4 Å². The zero-order valence-corrected chi connectivity index (χ0v) is 27.4. The van der Waals surface area contributed by atoms with Crippen molar-refractivity contribution in [3.63, 3.8) is 0 Å². The van der Waals surface area contributed by atoms with Gasteiger partial charge in [0.2, 0.25) is 5.43 Å². The van der Waals surface area contributed by atoms with E-state index >= 15 is 4.39 Å². The Morgan fingerprint density at radius 3 is 2.48 bits per heavy atom. The molecule has 2 aromatic carbocycles. The van der Waals surface area contributed by atoms with Gasteiger partial charge in [-0.25, -0.2) is 14.0 Å². The normalized spacial score (nSPS) is 16.4. The molecule has 1 saturated heterocycles. The first kappa shape index (κ1) is 31.5. The van der Waals surface area contributed by atoms with E-state index in [-0.39, 0.29) is 28.9 Å². The summed E-state index contributed by atoms with van der Waals surface area (Å²) >= 11 is 7.18. The van der Waals surface area contributed by atoms with Crippen LogP contribution in [0.15, 0.2) is 46.7 Å². The fourth-order valence-electron chi connectivity index (χ4n) is 6.06. The molecular weight excluding hydrogens is 632 g/mol. The van der Waals surface area contributed by atoms with Crippen LogP contribution in [0.25, 0.3) is 22.0 Å². The number of carbonyl (C=O) groups excluding carboxylic acids is 1. The first-order valence-corrected chi connectivity index (χ1v) is 16.1. The molecule has 2 N–H and O–H groups in total. The number of hydrogen-bond acceptors (Lipinski definition) is 8. The molecule has 4 aromatic rings. The van der Waals surface area contributed by atoms with Crippen LogP contribution in [0.4, 0.5) is 15.1 Å². The number of aromatic nitrogens is 1. The van der Waals surface area contributed by atoms with Crippen molar-refractivity contribution in [2.75, 3.05) is 44.1 Å². The average molecular weight is 665 g/mol. The Hall–Kier alpha value is -4.49. The Morgan fingerprint density at radius 1 is 1.15 bits per heavy atom. The minimum Gasteiger partial charge on any atom is -0.492 e. The van der Waals surface area contributed by atoms with Gasteiger partial charge in [0.25, 0.3) is 0 Å². The van der Waals surface area contributed by atoms with Crippen LogP contribution in [0.5, 0.6) is 5.75 Å². The Morgan fingerprint density at radius 2 is 1.87 bits per heavy atom. The van der Waals surface area contributed by atoms with Crippen LogP contribution in [0.1, 0.15) is 52.1 Å². The van der Waals surface area contributed by atoms with E-state index in [4.69, 9.17) is 21.7 Å². The average Bonchev–Trinajstić information content (AvgIpc) is 3.80. The number of carbonyl (C=O) groups is 2. The third-order valence-corrected chi connectivity index (χ3v) is 9.77. The second-order valence-corrected chi connectivity index (χ2v) is 12.8. The number of ether oxygens (including phenoxy) is 2. The van der Waals surface area contributed by atoms with Gasteiger partial charge in [-0.15, -0.1) is 11.3 Å². The number of halogens is 1. The molecule has 0 unspecified atom stereocenters. The van der Waals surface area contributed by atoms with Gasteiger partial charge in [0.15, 0.2) is 16.7 Å². The SMILES string of the molecule is COC(=O)c1c(-c2ccc(C)cc2)csc1NC(=S)N1CCN(c2c(F)cc3c(=O)c(C(=O)O)cn(C4CC4)c3c2OC)C[C@@H]1C. The summed E-state index contributed by atoms with van der Waals surface area (Å²) in [5, 5.41) is 15.8. The van der Waals surface area contributed by atoms with Crippen LogP contribution in [0.3, 0.4) is 0 Å². The highest BCUT2D eigenvalue weighted by molar-refractivity contribution is 7.80. The third-order valence-electron chi connectivity index (χ3n) is 8.54. The number of piperazine rings is 1. The van der Waals surface area contributed by atoms with Gasteiger partial charge in [-0.05, 0) is 50.5 Å². The maximum Gasteiger partial charge on any atom is 0.341 e. The van der Waals surface area contributed by atoms with Crippen LogP contribution >= 0.6 is 23.6 Å². The van der Waals surface area contributed by atoms with Crippen LogP contribution in [-0.4, -0.2) is 71.5 Å². The van der Waals surface area contributed by atoms with Gasteiger partial charge in [0, 0.05) is 48.9 Å². The predicted molar refractivity (Wildman–Crippen MR) is 180 cm³/mol. The summed E-state index contributed by atoms with van der Waals surface area (Å²) in [7, 11) is 2.77. The van der Waals surface area contributed by atoms with Gasteiger partial charge in [0.1, 0.15) is 21.8 Å². The van der Waals surface area contributed by atoms with Gasteiger partial charge in [-0.2, -0.15) is 0 Å². The number of fused-ring (bicyclic) bond motifs is 1. The zero-order valence-electron chi connectivity index (χ0n) is 25.8. The molecule has 10 nitrogen and oxygen atoms in total. The fraction of sp³-hybridized carbons (Fsp3) is 0.333. The molecular formula is C33H33FN4O6S2. The summed E-state index contributed by atoms with van der Waals surface area (Å²) in [4.78, 5) is 41.6. The lowest BCUT2D eigenvalue weighted by Gasteiger charge is -2.42. The van der Waals surface area contributed by atoms with E-state index in [9.17, 15) is 19.5 Å². The van der Waals surface area contributed by atoms with E-state index in [0.717, 1.165) is 35.6 Å². The van der Waals surface area contributed by atoms with E-state index in [2.05, 4.69) is 5.32 Å². The summed E-state index contributed by atoms with van der Waals surface area (Å²) in [6.45, 7) is 5.17. The van der Waals surface area contributed by atoms with Crippen LogP contribution in [0.2, 0.25) is 0 Å².